The molecule has 1 aliphatic heterocycles. The van der Waals surface area contributed by atoms with Gasteiger partial charge in [0, 0.05) is 24.0 Å². The van der Waals surface area contributed by atoms with Crippen molar-refractivity contribution in [2.24, 2.45) is 0 Å². The fraction of sp³-hybridized carbons (Fsp3) is 0.304. The van der Waals surface area contributed by atoms with E-state index in [2.05, 4.69) is 52.6 Å². The van der Waals surface area contributed by atoms with E-state index >= 15 is 0 Å². The standard InChI is InChI=1S/C23H26N4O2/c1-4-17-7-6-8-18(5-2)22(17)27-23-25-15(3)11-21(26-23)24-13-16-9-10-19-20(12-16)29-14-28-19/h6-12H,4-5,13-14H2,1-3H3,(H2,24,25,26,27). The molecule has 3 aromatic rings. The van der Waals surface area contributed by atoms with Gasteiger partial charge in [-0.3, -0.25) is 0 Å². The van der Waals surface area contributed by atoms with Crippen molar-refractivity contribution in [3.05, 3.63) is 64.8 Å². The Morgan fingerprint density at radius 1 is 0.931 bits per heavy atom. The van der Waals surface area contributed by atoms with Gasteiger partial charge >= 0.3 is 0 Å². The van der Waals surface area contributed by atoms with Crippen LogP contribution >= 0.6 is 0 Å². The van der Waals surface area contributed by atoms with Gasteiger partial charge in [-0.1, -0.05) is 38.1 Å². The molecule has 6 heteroatoms. The number of hydrogen-bond donors (Lipinski definition) is 2. The molecule has 0 atom stereocenters. The van der Waals surface area contributed by atoms with Crippen LogP contribution in [0, 0.1) is 6.92 Å². The van der Waals surface area contributed by atoms with E-state index in [0.717, 1.165) is 47.1 Å². The maximum absolute atomic E-state index is 5.45. The van der Waals surface area contributed by atoms with Crippen molar-refractivity contribution in [2.45, 2.75) is 40.2 Å². The van der Waals surface area contributed by atoms with Gasteiger partial charge in [-0.05, 0) is 48.6 Å². The van der Waals surface area contributed by atoms with Gasteiger partial charge in [-0.25, -0.2) is 4.98 Å². The van der Waals surface area contributed by atoms with Crippen molar-refractivity contribution in [1.29, 1.82) is 0 Å². The number of para-hydroxylation sites is 1. The lowest BCUT2D eigenvalue weighted by atomic mass is 10.0. The molecule has 0 unspecified atom stereocenters. The minimum atomic E-state index is 0.283. The molecule has 0 radical (unpaired) electrons. The number of nitrogens with zero attached hydrogens (tertiary/aromatic N) is 2. The van der Waals surface area contributed by atoms with Crippen LogP contribution in [0.25, 0.3) is 0 Å². The van der Waals surface area contributed by atoms with Crippen LogP contribution in [-0.2, 0) is 19.4 Å². The highest BCUT2D eigenvalue weighted by molar-refractivity contribution is 5.64. The zero-order valence-corrected chi connectivity index (χ0v) is 17.1. The van der Waals surface area contributed by atoms with Gasteiger partial charge in [-0.2, -0.15) is 4.98 Å². The molecule has 150 valence electrons. The number of anilines is 3. The highest BCUT2D eigenvalue weighted by atomic mass is 16.7. The first-order valence-corrected chi connectivity index (χ1v) is 10.0. The third-order valence-electron chi connectivity index (χ3n) is 5.00. The van der Waals surface area contributed by atoms with Crippen molar-refractivity contribution >= 4 is 17.5 Å². The molecule has 2 heterocycles. The fourth-order valence-electron chi connectivity index (χ4n) is 3.47. The molecule has 0 spiro atoms. The van der Waals surface area contributed by atoms with Crippen molar-refractivity contribution in [2.75, 3.05) is 17.4 Å². The lowest BCUT2D eigenvalue weighted by Gasteiger charge is -2.15. The number of fused-ring (bicyclic) bond motifs is 1. The van der Waals surface area contributed by atoms with Gasteiger partial charge in [0.05, 0.1) is 0 Å². The van der Waals surface area contributed by atoms with E-state index in [-0.39, 0.29) is 6.79 Å². The van der Waals surface area contributed by atoms with E-state index in [4.69, 9.17) is 9.47 Å². The van der Waals surface area contributed by atoms with Crippen LogP contribution in [0.3, 0.4) is 0 Å². The Morgan fingerprint density at radius 3 is 2.45 bits per heavy atom. The summed E-state index contributed by atoms with van der Waals surface area (Å²) in [6.07, 6.45) is 1.91. The molecule has 2 N–H and O–H groups in total. The average molecular weight is 390 g/mol. The molecule has 2 aromatic carbocycles. The number of rotatable bonds is 7. The second kappa shape index (κ2) is 8.39. The molecule has 0 saturated heterocycles. The zero-order chi connectivity index (χ0) is 20.2. The van der Waals surface area contributed by atoms with Gasteiger partial charge in [0.15, 0.2) is 11.5 Å². The predicted molar refractivity (Wildman–Crippen MR) is 115 cm³/mol. The van der Waals surface area contributed by atoms with E-state index in [1.54, 1.807) is 0 Å². The second-order valence-electron chi connectivity index (χ2n) is 7.04. The van der Waals surface area contributed by atoms with E-state index in [0.29, 0.717) is 12.5 Å². The summed E-state index contributed by atoms with van der Waals surface area (Å²) in [5.74, 6) is 2.96. The minimum Gasteiger partial charge on any atom is -0.454 e. The number of nitrogens with one attached hydrogen (secondary N) is 2. The summed E-state index contributed by atoms with van der Waals surface area (Å²) in [6.45, 7) is 7.22. The molecule has 1 aliphatic rings. The molecular formula is C23H26N4O2. The summed E-state index contributed by atoms with van der Waals surface area (Å²) < 4.78 is 10.8. The van der Waals surface area contributed by atoms with E-state index in [9.17, 15) is 0 Å². The molecule has 4 rings (SSSR count). The Bertz CT molecular complexity index is 998. The van der Waals surface area contributed by atoms with Crippen LogP contribution < -0.4 is 20.1 Å². The molecule has 0 bridgehead atoms. The Morgan fingerprint density at radius 2 is 1.69 bits per heavy atom. The van der Waals surface area contributed by atoms with Crippen LogP contribution in [0.15, 0.2) is 42.5 Å². The zero-order valence-electron chi connectivity index (χ0n) is 17.1. The Labute approximate surface area is 171 Å². The second-order valence-corrected chi connectivity index (χ2v) is 7.04. The number of hydrogen-bond acceptors (Lipinski definition) is 6. The highest BCUT2D eigenvalue weighted by Crippen LogP contribution is 2.32. The molecule has 0 amide bonds. The summed E-state index contributed by atoms with van der Waals surface area (Å²) in [5.41, 5.74) is 5.66. The summed E-state index contributed by atoms with van der Waals surface area (Å²) >= 11 is 0. The van der Waals surface area contributed by atoms with Crippen LogP contribution in [0.1, 0.15) is 36.2 Å². The summed E-state index contributed by atoms with van der Waals surface area (Å²) in [4.78, 5) is 9.26. The smallest absolute Gasteiger partial charge is 0.231 e. The lowest BCUT2D eigenvalue weighted by molar-refractivity contribution is 0.174. The number of benzene rings is 2. The van der Waals surface area contributed by atoms with Crippen LogP contribution in [-0.4, -0.2) is 16.8 Å². The molecule has 1 aromatic heterocycles. The molecule has 0 fully saturated rings. The molecule has 0 saturated carbocycles. The van der Waals surface area contributed by atoms with Gasteiger partial charge < -0.3 is 20.1 Å². The van der Waals surface area contributed by atoms with Crippen LogP contribution in [0.2, 0.25) is 0 Å². The quantitative estimate of drug-likeness (QED) is 0.592. The number of aromatic nitrogens is 2. The third kappa shape index (κ3) is 4.26. The van der Waals surface area contributed by atoms with Crippen molar-refractivity contribution in [1.82, 2.24) is 9.97 Å². The predicted octanol–water partition coefficient (Wildman–Crippen LogP) is 4.99. The average Bonchev–Trinajstić information content (AvgIpc) is 3.20. The topological polar surface area (TPSA) is 68.3 Å². The van der Waals surface area contributed by atoms with Gasteiger partial charge in [-0.15, -0.1) is 0 Å². The first-order valence-electron chi connectivity index (χ1n) is 10.0. The molecular weight excluding hydrogens is 364 g/mol. The normalized spacial score (nSPS) is 12.1. The fourth-order valence-corrected chi connectivity index (χ4v) is 3.47. The van der Waals surface area contributed by atoms with Crippen molar-refractivity contribution in [3.63, 3.8) is 0 Å². The van der Waals surface area contributed by atoms with Gasteiger partial charge in [0.25, 0.3) is 0 Å². The van der Waals surface area contributed by atoms with Gasteiger partial charge in [0.1, 0.15) is 5.82 Å². The van der Waals surface area contributed by atoms with E-state index < -0.39 is 0 Å². The Balaban J connectivity index is 1.52. The van der Waals surface area contributed by atoms with Crippen molar-refractivity contribution < 1.29 is 9.47 Å². The van der Waals surface area contributed by atoms with Crippen LogP contribution in [0.4, 0.5) is 17.5 Å². The number of ether oxygens (including phenoxy) is 2. The van der Waals surface area contributed by atoms with E-state index in [1.807, 2.05) is 31.2 Å². The summed E-state index contributed by atoms with van der Waals surface area (Å²) in [5, 5.41) is 6.85. The lowest BCUT2D eigenvalue weighted by Crippen LogP contribution is -2.07. The first-order chi connectivity index (χ1) is 14.2. The van der Waals surface area contributed by atoms with Crippen LogP contribution in [0.5, 0.6) is 11.5 Å². The van der Waals surface area contributed by atoms with Gasteiger partial charge in [0.2, 0.25) is 12.7 Å². The summed E-state index contributed by atoms with van der Waals surface area (Å²) in [7, 11) is 0. The maximum atomic E-state index is 5.45. The first kappa shape index (κ1) is 19.1. The van der Waals surface area contributed by atoms with E-state index in [1.165, 1.54) is 11.1 Å². The molecule has 29 heavy (non-hydrogen) atoms. The minimum absolute atomic E-state index is 0.283. The Hall–Kier alpha value is -3.28. The number of aryl methyl sites for hydroxylation is 3. The maximum Gasteiger partial charge on any atom is 0.231 e. The largest absolute Gasteiger partial charge is 0.454 e. The third-order valence-corrected chi connectivity index (χ3v) is 5.00. The molecule has 0 aliphatic carbocycles. The summed E-state index contributed by atoms with van der Waals surface area (Å²) in [6, 6.07) is 14.3. The Kier molecular flexibility index (Phi) is 5.51. The molecule has 6 nitrogen and oxygen atoms in total. The monoisotopic (exact) mass is 390 g/mol. The van der Waals surface area contributed by atoms with Crippen molar-refractivity contribution in [3.8, 4) is 11.5 Å². The highest BCUT2D eigenvalue weighted by Gasteiger charge is 2.13. The SMILES string of the molecule is CCc1cccc(CC)c1Nc1nc(C)cc(NCc2ccc3c(c2)OCO3)n1.